The molecule has 3 rings (SSSR count). The molecule has 1 aliphatic heterocycles. The van der Waals surface area contributed by atoms with Crippen LogP contribution in [-0.2, 0) is 23.9 Å². The van der Waals surface area contributed by atoms with Crippen LogP contribution in [0, 0.1) is 0 Å². The van der Waals surface area contributed by atoms with Gasteiger partial charge in [0, 0.05) is 50.8 Å². The van der Waals surface area contributed by atoms with Crippen molar-refractivity contribution in [3.63, 3.8) is 0 Å². The first-order chi connectivity index (χ1) is 22.6. The summed E-state index contributed by atoms with van der Waals surface area (Å²) in [5.41, 5.74) is 5.63. The second-order valence-electron chi connectivity index (χ2n) is 10.8. The molecule has 0 aliphatic carbocycles. The van der Waals surface area contributed by atoms with Gasteiger partial charge in [0.25, 0.3) is 5.91 Å². The van der Waals surface area contributed by atoms with E-state index in [0.717, 1.165) is 33.8 Å². The van der Waals surface area contributed by atoms with E-state index in [-0.39, 0.29) is 29.6 Å². The lowest BCUT2D eigenvalue weighted by Gasteiger charge is -2.28. The Morgan fingerprint density at radius 2 is 1.96 bits per heavy atom. The summed E-state index contributed by atoms with van der Waals surface area (Å²) in [5.74, 6) is -0.414. The smallest absolute Gasteiger partial charge is 0.302 e. The Hall–Kier alpha value is -4.13. The first-order valence-corrected chi connectivity index (χ1v) is 16.5. The Balaban J connectivity index is 1.49. The van der Waals surface area contributed by atoms with Crippen LogP contribution in [0.5, 0.6) is 5.75 Å². The van der Waals surface area contributed by atoms with Gasteiger partial charge >= 0.3 is 5.97 Å². The van der Waals surface area contributed by atoms with Crippen LogP contribution < -0.4 is 20.4 Å². The maximum Gasteiger partial charge on any atom is 0.302 e. The van der Waals surface area contributed by atoms with Gasteiger partial charge in [0.2, 0.25) is 12.3 Å². The topological polar surface area (TPSA) is 130 Å². The quantitative estimate of drug-likeness (QED) is 0.101. The summed E-state index contributed by atoms with van der Waals surface area (Å²) in [7, 11) is 1.91. The second kappa shape index (κ2) is 18.9. The Morgan fingerprint density at radius 3 is 2.60 bits per heavy atom. The Labute approximate surface area is 285 Å². The van der Waals surface area contributed by atoms with Crippen molar-refractivity contribution in [1.29, 1.82) is 0 Å². The summed E-state index contributed by atoms with van der Waals surface area (Å²) in [6.07, 6.45) is 4.96. The fourth-order valence-electron chi connectivity index (χ4n) is 4.77. The van der Waals surface area contributed by atoms with Crippen molar-refractivity contribution in [2.75, 3.05) is 44.7 Å². The fraction of sp³-hybridized carbons (Fsp3) is 0.382. The molecule has 2 unspecified atom stereocenters. The molecule has 0 aromatic heterocycles. The molecular weight excluding hydrogens is 642 g/mol. The zero-order valence-electron chi connectivity index (χ0n) is 27.2. The maximum atomic E-state index is 12.4. The summed E-state index contributed by atoms with van der Waals surface area (Å²) >= 11 is 7.87. The maximum absolute atomic E-state index is 12.4. The Morgan fingerprint density at radius 1 is 1.19 bits per heavy atom. The number of esters is 1. The van der Waals surface area contributed by atoms with Crippen molar-refractivity contribution in [2.24, 2.45) is 5.10 Å². The number of hydrogen-bond acceptors (Lipinski definition) is 9. The van der Waals surface area contributed by atoms with E-state index in [1.54, 1.807) is 29.2 Å². The molecule has 2 aromatic carbocycles. The van der Waals surface area contributed by atoms with E-state index in [1.807, 2.05) is 56.1 Å². The molecule has 1 heterocycles. The fourth-order valence-corrected chi connectivity index (χ4v) is 6.36. The molecule has 13 heteroatoms. The zero-order chi connectivity index (χ0) is 34.3. The van der Waals surface area contributed by atoms with E-state index in [9.17, 15) is 19.2 Å². The average Bonchev–Trinajstić information content (AvgIpc) is 3.05. The van der Waals surface area contributed by atoms with Crippen LogP contribution in [0.1, 0.15) is 39.2 Å². The van der Waals surface area contributed by atoms with Gasteiger partial charge in [-0.2, -0.15) is 5.10 Å². The number of nitrogens with one attached hydrogen (secondary N) is 2. The molecule has 3 amide bonds. The molecular formula is C34H42ClN5O6S. The molecule has 2 aromatic rings. The molecule has 0 fully saturated rings. The van der Waals surface area contributed by atoms with Gasteiger partial charge in [0.1, 0.15) is 11.9 Å². The zero-order valence-corrected chi connectivity index (χ0v) is 28.7. The molecule has 0 radical (unpaired) electrons. The number of hydrogen-bond donors (Lipinski definition) is 2. The number of carbonyl (C=O) groups is 4. The van der Waals surface area contributed by atoms with Gasteiger partial charge in [-0.05, 0) is 62.4 Å². The monoisotopic (exact) mass is 683 g/mol. The average molecular weight is 684 g/mol. The van der Waals surface area contributed by atoms with Gasteiger partial charge < -0.3 is 24.6 Å². The van der Waals surface area contributed by atoms with Gasteiger partial charge in [-0.3, -0.25) is 19.2 Å². The van der Waals surface area contributed by atoms with Crippen LogP contribution in [0.25, 0.3) is 0 Å². The van der Waals surface area contributed by atoms with Crippen LogP contribution in [-0.4, -0.2) is 86.0 Å². The van der Waals surface area contributed by atoms with Crippen LogP contribution in [0.2, 0.25) is 5.02 Å². The van der Waals surface area contributed by atoms with Crippen molar-refractivity contribution < 1.29 is 28.7 Å². The Bertz CT molecular complexity index is 1500. The lowest BCUT2D eigenvalue weighted by atomic mass is 10.0. The number of para-hydroxylation sites is 1. The number of rotatable bonds is 18. The van der Waals surface area contributed by atoms with E-state index >= 15 is 0 Å². The number of amides is 3. The number of nitrogens with zero attached hydrogens (tertiary/aromatic N) is 3. The first kappa shape index (κ1) is 37.3. The predicted octanol–water partition coefficient (Wildman–Crippen LogP) is 4.59. The number of ether oxygens (including phenoxy) is 2. The molecule has 0 saturated heterocycles. The third kappa shape index (κ3) is 11.6. The van der Waals surface area contributed by atoms with E-state index in [2.05, 4.69) is 22.4 Å². The number of carbonyl (C=O) groups excluding carboxylic acids is 4. The highest BCUT2D eigenvalue weighted by Crippen LogP contribution is 2.37. The van der Waals surface area contributed by atoms with Gasteiger partial charge in [-0.25, -0.2) is 5.43 Å². The third-order valence-electron chi connectivity index (χ3n) is 7.30. The SMILES string of the molecule is C=C/C(=C\C)C(Sc1ccccc1N(C=O)CCN(C)CCNC(=O)COc1ccc(C2=NNC(=O)CC2)cc1Cl)C(C)OC(C)=O. The van der Waals surface area contributed by atoms with E-state index in [4.69, 9.17) is 21.1 Å². The number of halogens is 1. The molecule has 0 spiro atoms. The normalized spacial score (nSPS) is 14.4. The highest BCUT2D eigenvalue weighted by atomic mass is 35.5. The molecule has 1 aliphatic rings. The number of benzene rings is 2. The van der Waals surface area contributed by atoms with Crippen molar-refractivity contribution >= 4 is 59.0 Å². The summed E-state index contributed by atoms with van der Waals surface area (Å²) in [5, 5.41) is 7.02. The minimum Gasteiger partial charge on any atom is -0.482 e. The number of allylic oxidation sites excluding steroid dienone is 2. The summed E-state index contributed by atoms with van der Waals surface area (Å²) in [4.78, 5) is 52.2. The highest BCUT2D eigenvalue weighted by Gasteiger charge is 2.25. The van der Waals surface area contributed by atoms with Crippen molar-refractivity contribution in [2.45, 2.75) is 49.9 Å². The molecule has 2 N–H and O–H groups in total. The molecule has 47 heavy (non-hydrogen) atoms. The van der Waals surface area contributed by atoms with Crippen molar-refractivity contribution in [1.82, 2.24) is 15.6 Å². The predicted molar refractivity (Wildman–Crippen MR) is 186 cm³/mol. The summed E-state index contributed by atoms with van der Waals surface area (Å²) in [6.45, 7) is 10.8. The largest absolute Gasteiger partial charge is 0.482 e. The van der Waals surface area contributed by atoms with Gasteiger partial charge in [-0.15, -0.1) is 11.8 Å². The van der Waals surface area contributed by atoms with Gasteiger partial charge in [0.15, 0.2) is 6.61 Å². The summed E-state index contributed by atoms with van der Waals surface area (Å²) < 4.78 is 11.1. The first-order valence-electron chi connectivity index (χ1n) is 15.2. The van der Waals surface area contributed by atoms with Gasteiger partial charge in [0.05, 0.1) is 21.7 Å². The van der Waals surface area contributed by atoms with Crippen LogP contribution >= 0.6 is 23.4 Å². The van der Waals surface area contributed by atoms with E-state index in [0.29, 0.717) is 49.8 Å². The number of likely N-dealkylation sites (N-methyl/N-ethyl adjacent to an activating group) is 1. The lowest BCUT2D eigenvalue weighted by Crippen LogP contribution is -2.38. The lowest BCUT2D eigenvalue weighted by molar-refractivity contribution is -0.145. The van der Waals surface area contributed by atoms with Crippen LogP contribution in [0.4, 0.5) is 5.69 Å². The van der Waals surface area contributed by atoms with Crippen LogP contribution in [0.3, 0.4) is 0 Å². The van der Waals surface area contributed by atoms with Crippen LogP contribution in [0.15, 0.2) is 76.8 Å². The third-order valence-corrected chi connectivity index (χ3v) is 9.10. The molecule has 0 bridgehead atoms. The number of hydrazone groups is 1. The molecule has 252 valence electrons. The van der Waals surface area contributed by atoms with Crippen molar-refractivity contribution in [3.8, 4) is 5.75 Å². The molecule has 0 saturated carbocycles. The molecule has 11 nitrogen and oxygen atoms in total. The summed E-state index contributed by atoms with van der Waals surface area (Å²) in [6, 6.07) is 12.8. The standard InChI is InChI=1S/C34H42ClN5O6S/c1-6-25(7-2)34(23(3)46-24(4)42)47-31-11-9-8-10-29(31)40(22-41)19-18-39(5)17-16-36-33(44)21-45-30-14-12-26(20-27(30)35)28-13-15-32(43)38-37-28/h6-12,14,20,22-23,34H,1,13,15-19,21H2,2-5H3,(H,36,44)(H,38,43)/b25-7+. The van der Waals surface area contributed by atoms with E-state index in [1.165, 1.54) is 18.7 Å². The van der Waals surface area contributed by atoms with Gasteiger partial charge in [-0.1, -0.05) is 42.5 Å². The highest BCUT2D eigenvalue weighted by molar-refractivity contribution is 8.00. The minimum absolute atomic E-state index is 0.123. The van der Waals surface area contributed by atoms with Crippen molar-refractivity contribution in [3.05, 3.63) is 77.4 Å². The van der Waals surface area contributed by atoms with E-state index < -0.39 is 6.10 Å². The molecule has 2 atom stereocenters. The number of anilines is 1. The Kier molecular flexibility index (Phi) is 15.0. The number of thioether (sulfide) groups is 1. The second-order valence-corrected chi connectivity index (χ2v) is 12.4. The minimum atomic E-state index is -0.419.